The van der Waals surface area contributed by atoms with Gasteiger partial charge in [-0.15, -0.1) is 0 Å². The van der Waals surface area contributed by atoms with E-state index in [1.807, 2.05) is 4.90 Å². The predicted molar refractivity (Wildman–Crippen MR) is 155 cm³/mol. The van der Waals surface area contributed by atoms with Crippen LogP contribution in [0.5, 0.6) is 0 Å². The van der Waals surface area contributed by atoms with Crippen LogP contribution in [-0.2, 0) is 25.6 Å². The van der Waals surface area contributed by atoms with Crippen molar-refractivity contribution in [2.24, 2.45) is 11.8 Å². The second-order valence-electron chi connectivity index (χ2n) is 11.3. The van der Waals surface area contributed by atoms with E-state index in [4.69, 9.17) is 20.6 Å². The molecule has 0 aromatic heterocycles. The number of carbonyl (C=O) groups is 4. The van der Waals surface area contributed by atoms with E-state index < -0.39 is 30.0 Å². The molecule has 2 aliphatic rings. The third kappa shape index (κ3) is 11.2. The molecule has 11 nitrogen and oxygen atoms in total. The molecule has 1 heterocycles. The molecule has 1 aromatic carbocycles. The number of carboxylic acid groups (broad SMARTS) is 1. The van der Waals surface area contributed by atoms with Gasteiger partial charge in [0.05, 0.1) is 17.5 Å². The highest BCUT2D eigenvalue weighted by Crippen LogP contribution is 2.27. The van der Waals surface area contributed by atoms with Crippen LogP contribution in [0.3, 0.4) is 0 Å². The molecule has 2 atom stereocenters. The Hall–Kier alpha value is -4.15. The fourth-order valence-corrected chi connectivity index (χ4v) is 5.32. The zero-order valence-electron chi connectivity index (χ0n) is 25.2. The quantitative estimate of drug-likeness (QED) is 0.196. The lowest BCUT2D eigenvalue weighted by atomic mass is 9.83. The molecule has 1 saturated heterocycles. The maximum atomic E-state index is 13.6. The van der Waals surface area contributed by atoms with Crippen LogP contribution in [0.4, 0.5) is 13.2 Å². The number of likely N-dealkylation sites (tertiary alicyclic amines) is 1. The minimum absolute atomic E-state index is 0.00365. The van der Waals surface area contributed by atoms with Gasteiger partial charge >= 0.3 is 12.1 Å². The fourth-order valence-electron chi connectivity index (χ4n) is 5.32. The number of halogens is 3. The number of amidine groups is 1. The molecule has 2 fully saturated rings. The van der Waals surface area contributed by atoms with E-state index >= 15 is 0 Å². The SMILES string of the molecule is CC(=N)N1CCC(NC(=O)[C@@H](NC(=O)[C@@H](Cc2ccc(C#N)cc2)C(=O)N(C)C)C2CCCCC2)CC1.O=C(O)C(F)(F)F. The van der Waals surface area contributed by atoms with Crippen LogP contribution in [-0.4, -0.2) is 89.9 Å². The van der Waals surface area contributed by atoms with Crippen molar-refractivity contribution in [3.8, 4) is 6.07 Å². The van der Waals surface area contributed by atoms with E-state index in [1.165, 1.54) is 4.90 Å². The number of alkyl halides is 3. The number of nitriles is 1. The summed E-state index contributed by atoms with van der Waals surface area (Å²) in [6, 6.07) is 8.26. The van der Waals surface area contributed by atoms with Gasteiger partial charge in [0.1, 0.15) is 12.0 Å². The number of rotatable bonds is 8. The Morgan fingerprint density at radius 2 is 1.59 bits per heavy atom. The molecule has 0 unspecified atom stereocenters. The molecular formula is C30H41F3N6O5. The van der Waals surface area contributed by atoms with Crippen molar-refractivity contribution in [3.05, 3.63) is 35.4 Å². The molecule has 0 bridgehead atoms. The third-order valence-electron chi connectivity index (χ3n) is 7.84. The van der Waals surface area contributed by atoms with Crippen molar-refractivity contribution in [1.29, 1.82) is 10.7 Å². The number of nitrogens with one attached hydrogen (secondary N) is 3. The second-order valence-corrected chi connectivity index (χ2v) is 11.3. The maximum Gasteiger partial charge on any atom is 0.490 e. The first-order valence-corrected chi connectivity index (χ1v) is 14.5. The van der Waals surface area contributed by atoms with Crippen LogP contribution in [0, 0.1) is 28.6 Å². The van der Waals surface area contributed by atoms with Crippen molar-refractivity contribution in [3.63, 3.8) is 0 Å². The minimum atomic E-state index is -5.08. The summed E-state index contributed by atoms with van der Waals surface area (Å²) in [5, 5.41) is 30.2. The molecule has 0 spiro atoms. The Morgan fingerprint density at radius 3 is 2.05 bits per heavy atom. The minimum Gasteiger partial charge on any atom is -0.475 e. The smallest absolute Gasteiger partial charge is 0.475 e. The molecule has 14 heteroatoms. The van der Waals surface area contributed by atoms with Crippen LogP contribution in [0.25, 0.3) is 0 Å². The van der Waals surface area contributed by atoms with Crippen LogP contribution in [0.15, 0.2) is 24.3 Å². The number of amides is 3. The number of piperidine rings is 1. The van der Waals surface area contributed by atoms with Crippen LogP contribution < -0.4 is 10.6 Å². The van der Waals surface area contributed by atoms with Crippen LogP contribution in [0.1, 0.15) is 63.0 Å². The van der Waals surface area contributed by atoms with E-state index in [-0.39, 0.29) is 30.2 Å². The maximum absolute atomic E-state index is 13.6. The van der Waals surface area contributed by atoms with Crippen LogP contribution in [0.2, 0.25) is 0 Å². The molecular weight excluding hydrogens is 581 g/mol. The lowest BCUT2D eigenvalue weighted by Crippen LogP contribution is -2.57. The van der Waals surface area contributed by atoms with Gasteiger partial charge in [-0.25, -0.2) is 4.79 Å². The van der Waals surface area contributed by atoms with Gasteiger partial charge < -0.3 is 25.5 Å². The van der Waals surface area contributed by atoms with Gasteiger partial charge in [0, 0.05) is 33.2 Å². The van der Waals surface area contributed by atoms with Gasteiger partial charge in [0.25, 0.3) is 0 Å². The second kappa shape index (κ2) is 16.6. The molecule has 1 saturated carbocycles. The number of benzene rings is 1. The highest BCUT2D eigenvalue weighted by atomic mass is 19.4. The lowest BCUT2D eigenvalue weighted by molar-refractivity contribution is -0.192. The average molecular weight is 623 g/mol. The Kier molecular flexibility index (Phi) is 13.6. The number of hydrogen-bond donors (Lipinski definition) is 4. The van der Waals surface area contributed by atoms with Gasteiger partial charge in [-0.2, -0.15) is 18.4 Å². The summed E-state index contributed by atoms with van der Waals surface area (Å²) in [6.45, 7) is 3.23. The molecule has 1 aliphatic carbocycles. The van der Waals surface area contributed by atoms with Crippen molar-refractivity contribution < 1.29 is 37.5 Å². The Labute approximate surface area is 255 Å². The number of aliphatic carboxylic acids is 1. The van der Waals surface area contributed by atoms with Gasteiger partial charge in [0.2, 0.25) is 17.7 Å². The number of carbonyl (C=O) groups excluding carboxylic acids is 3. The number of carboxylic acids is 1. The summed E-state index contributed by atoms with van der Waals surface area (Å²) in [7, 11) is 3.24. The Balaban J connectivity index is 0.000000860. The first-order valence-electron chi connectivity index (χ1n) is 14.5. The van der Waals surface area contributed by atoms with E-state index in [1.54, 1.807) is 45.3 Å². The fraction of sp³-hybridized carbons (Fsp3) is 0.600. The van der Waals surface area contributed by atoms with E-state index in [2.05, 4.69) is 16.7 Å². The summed E-state index contributed by atoms with van der Waals surface area (Å²) >= 11 is 0. The summed E-state index contributed by atoms with van der Waals surface area (Å²) < 4.78 is 31.7. The number of hydrogen-bond acceptors (Lipinski definition) is 6. The van der Waals surface area contributed by atoms with Crippen molar-refractivity contribution in [1.82, 2.24) is 20.4 Å². The summed E-state index contributed by atoms with van der Waals surface area (Å²) in [4.78, 5) is 52.4. The Morgan fingerprint density at radius 1 is 1.05 bits per heavy atom. The monoisotopic (exact) mass is 622 g/mol. The summed E-state index contributed by atoms with van der Waals surface area (Å²) in [5.74, 6) is -4.10. The van der Waals surface area contributed by atoms with Crippen molar-refractivity contribution in [2.45, 2.75) is 76.6 Å². The average Bonchev–Trinajstić information content (AvgIpc) is 2.98. The van der Waals surface area contributed by atoms with Crippen molar-refractivity contribution in [2.75, 3.05) is 27.2 Å². The standard InChI is InChI=1S/C28H40N6O3.C2HF3O2/c1-19(30)34-15-13-23(14-16-34)31-27(36)25(22-7-5-4-6-8-22)32-26(35)24(28(37)33(2)3)17-20-9-11-21(18-29)12-10-20;3-2(4,5)1(6)7/h9-12,22-25,30H,4-8,13-17H2,1-3H3,(H,31,36)(H,32,35);(H,6,7)/t24-,25+;/m1./s1. The lowest BCUT2D eigenvalue weighted by Gasteiger charge is -2.36. The van der Waals surface area contributed by atoms with Gasteiger partial charge in [0.15, 0.2) is 0 Å². The zero-order chi connectivity index (χ0) is 33.0. The highest BCUT2D eigenvalue weighted by molar-refractivity contribution is 6.02. The summed E-state index contributed by atoms with van der Waals surface area (Å²) in [5.41, 5.74) is 1.29. The van der Waals surface area contributed by atoms with E-state index in [9.17, 15) is 27.6 Å². The van der Waals surface area contributed by atoms with Crippen molar-refractivity contribution >= 4 is 29.5 Å². The van der Waals surface area contributed by atoms with Gasteiger partial charge in [-0.3, -0.25) is 19.8 Å². The molecule has 1 aliphatic heterocycles. The first kappa shape index (κ1) is 36.0. The third-order valence-corrected chi connectivity index (χ3v) is 7.84. The summed E-state index contributed by atoms with van der Waals surface area (Å²) in [6.07, 6.45) is 1.52. The first-order chi connectivity index (χ1) is 20.6. The molecule has 1 aromatic rings. The predicted octanol–water partition coefficient (Wildman–Crippen LogP) is 3.08. The largest absolute Gasteiger partial charge is 0.490 e. The van der Waals surface area contributed by atoms with E-state index in [0.717, 1.165) is 63.6 Å². The van der Waals surface area contributed by atoms with Gasteiger partial charge in [-0.1, -0.05) is 31.4 Å². The highest BCUT2D eigenvalue weighted by Gasteiger charge is 2.38. The molecule has 44 heavy (non-hydrogen) atoms. The zero-order valence-corrected chi connectivity index (χ0v) is 25.2. The van der Waals surface area contributed by atoms with Crippen LogP contribution >= 0.6 is 0 Å². The topological polar surface area (TPSA) is 167 Å². The molecule has 3 rings (SSSR count). The normalized spacial score (nSPS) is 17.2. The molecule has 0 radical (unpaired) electrons. The molecule has 242 valence electrons. The van der Waals surface area contributed by atoms with Gasteiger partial charge in [-0.05, 0) is 62.6 Å². The number of nitrogens with zero attached hydrogens (tertiary/aromatic N) is 3. The van der Waals surface area contributed by atoms with E-state index in [0.29, 0.717) is 11.4 Å². The Bertz CT molecular complexity index is 1200. The molecule has 4 N–H and O–H groups in total. The molecule has 3 amide bonds.